The maximum atomic E-state index is 13.0. The molecule has 0 aliphatic heterocycles. The molecule has 0 bridgehead atoms. The summed E-state index contributed by atoms with van der Waals surface area (Å²) in [6, 6.07) is 1.42. The lowest BCUT2D eigenvalue weighted by atomic mass is 9.96. The Morgan fingerprint density at radius 1 is 1.09 bits per heavy atom. The highest BCUT2D eigenvalue weighted by Gasteiger charge is 2.45. The quantitative estimate of drug-likeness (QED) is 0.330. The first-order chi connectivity index (χ1) is 14.8. The minimum absolute atomic E-state index is 0.209. The summed E-state index contributed by atoms with van der Waals surface area (Å²) in [6.45, 7) is 2.78. The third kappa shape index (κ3) is 8.00. The fourth-order valence-corrected chi connectivity index (χ4v) is 2.82. The smallest absolute Gasteiger partial charge is 0.416 e. The number of aliphatic hydroxyl groups is 1. The van der Waals surface area contributed by atoms with Gasteiger partial charge in [-0.1, -0.05) is 26.0 Å². The van der Waals surface area contributed by atoms with Crippen molar-refractivity contribution in [2.45, 2.75) is 57.1 Å². The molecule has 4 unspecified atom stereocenters. The van der Waals surface area contributed by atoms with Gasteiger partial charge >= 0.3 is 12.1 Å². The van der Waals surface area contributed by atoms with E-state index < -0.39 is 54.1 Å². The molecule has 12 heteroatoms. The number of methoxy groups -OCH3 is 1. The summed E-state index contributed by atoms with van der Waals surface area (Å²) >= 11 is 0. The van der Waals surface area contributed by atoms with Crippen LogP contribution < -0.4 is 21.1 Å². The zero-order valence-electron chi connectivity index (χ0n) is 17.8. The highest BCUT2D eigenvalue weighted by Crippen LogP contribution is 2.26. The van der Waals surface area contributed by atoms with E-state index in [-0.39, 0.29) is 18.4 Å². The predicted octanol–water partition coefficient (Wildman–Crippen LogP) is 1.11. The van der Waals surface area contributed by atoms with Crippen LogP contribution in [0.4, 0.5) is 13.2 Å². The van der Waals surface area contributed by atoms with Gasteiger partial charge in [0.15, 0.2) is 6.10 Å². The molecule has 1 rings (SSSR count). The summed E-state index contributed by atoms with van der Waals surface area (Å²) in [4.78, 5) is 36.0. The molecule has 0 aliphatic carbocycles. The molecule has 4 atom stereocenters. The fraction of sp³-hybridized carbons (Fsp3) is 0.550. The summed E-state index contributed by atoms with van der Waals surface area (Å²) in [6.07, 6.45) is -8.39. The van der Waals surface area contributed by atoms with Gasteiger partial charge in [-0.2, -0.15) is 13.2 Å². The second-order valence-electron chi connectivity index (χ2n) is 7.52. The second kappa shape index (κ2) is 11.7. The van der Waals surface area contributed by atoms with E-state index in [1.54, 1.807) is 0 Å². The number of alkyl halides is 3. The third-order valence-corrected chi connectivity index (χ3v) is 4.71. The van der Waals surface area contributed by atoms with Crippen molar-refractivity contribution in [3.8, 4) is 5.75 Å². The number of amides is 2. The summed E-state index contributed by atoms with van der Waals surface area (Å²) in [5.74, 6) is -3.39. The second-order valence-corrected chi connectivity index (χ2v) is 7.52. The molecule has 0 radical (unpaired) electrons. The molecule has 0 fully saturated rings. The van der Waals surface area contributed by atoms with E-state index in [2.05, 4.69) is 10.6 Å². The Morgan fingerprint density at radius 2 is 1.66 bits per heavy atom. The van der Waals surface area contributed by atoms with Crippen LogP contribution in [0.25, 0.3) is 0 Å². The van der Waals surface area contributed by atoms with Crippen LogP contribution in [0.15, 0.2) is 24.3 Å². The molecule has 0 saturated heterocycles. The van der Waals surface area contributed by atoms with Crippen molar-refractivity contribution in [1.29, 1.82) is 0 Å². The van der Waals surface area contributed by atoms with Crippen LogP contribution in [-0.2, 0) is 14.4 Å². The summed E-state index contributed by atoms with van der Waals surface area (Å²) in [5, 5.41) is 22.9. The van der Waals surface area contributed by atoms with Crippen LogP contribution in [0.2, 0.25) is 0 Å². The summed E-state index contributed by atoms with van der Waals surface area (Å²) < 4.78 is 44.1. The van der Waals surface area contributed by atoms with Gasteiger partial charge in [-0.25, -0.2) is 0 Å². The Morgan fingerprint density at radius 3 is 2.09 bits per heavy atom. The number of hydrogen-bond donors (Lipinski definition) is 5. The molecule has 180 valence electrons. The van der Waals surface area contributed by atoms with Crippen molar-refractivity contribution >= 4 is 17.8 Å². The number of carbonyl (C=O) groups is 3. The van der Waals surface area contributed by atoms with Crippen LogP contribution in [0.1, 0.15) is 38.3 Å². The standard InChI is InChI=1S/C20H28F3N3O6/c1-10(2)15(17(29)20(21,22)23)25-19(31)16(11-4-6-12(32-3)7-5-11)26-18(30)13(24)8-9-14(27)28/h4-7,10,13,15-17,29H,8-9,24H2,1-3H3,(H,25,31)(H,26,30)(H,27,28). The Hall–Kier alpha value is -2.86. The van der Waals surface area contributed by atoms with Gasteiger partial charge < -0.3 is 31.3 Å². The SMILES string of the molecule is COc1ccc(C(NC(=O)C(N)CCC(=O)O)C(=O)NC(C(C)C)C(O)C(F)(F)F)cc1. The lowest BCUT2D eigenvalue weighted by molar-refractivity contribution is -0.215. The zero-order valence-corrected chi connectivity index (χ0v) is 17.8. The number of nitrogens with two attached hydrogens (primary N) is 1. The van der Waals surface area contributed by atoms with Gasteiger partial charge in [-0.15, -0.1) is 0 Å². The number of rotatable bonds is 11. The molecular weight excluding hydrogens is 435 g/mol. The number of nitrogens with one attached hydrogen (secondary N) is 2. The predicted molar refractivity (Wildman–Crippen MR) is 108 cm³/mol. The van der Waals surface area contributed by atoms with Crippen molar-refractivity contribution in [3.63, 3.8) is 0 Å². The van der Waals surface area contributed by atoms with Crippen molar-refractivity contribution in [2.24, 2.45) is 11.7 Å². The van der Waals surface area contributed by atoms with E-state index in [1.807, 2.05) is 0 Å². The molecule has 32 heavy (non-hydrogen) atoms. The summed E-state index contributed by atoms with van der Waals surface area (Å²) in [5.41, 5.74) is 5.89. The average Bonchev–Trinajstić information content (AvgIpc) is 2.72. The van der Waals surface area contributed by atoms with Crippen LogP contribution in [0.3, 0.4) is 0 Å². The van der Waals surface area contributed by atoms with Crippen LogP contribution in [0.5, 0.6) is 5.75 Å². The molecule has 1 aromatic carbocycles. The van der Waals surface area contributed by atoms with Crippen molar-refractivity contribution in [2.75, 3.05) is 7.11 Å². The first-order valence-electron chi connectivity index (χ1n) is 9.74. The van der Waals surface area contributed by atoms with Gasteiger partial charge in [0, 0.05) is 6.42 Å². The molecule has 0 aromatic heterocycles. The van der Waals surface area contributed by atoms with Crippen molar-refractivity contribution in [3.05, 3.63) is 29.8 Å². The fourth-order valence-electron chi connectivity index (χ4n) is 2.82. The molecule has 0 saturated carbocycles. The molecule has 6 N–H and O–H groups in total. The first kappa shape index (κ1) is 27.2. The number of aliphatic carboxylic acids is 1. The summed E-state index contributed by atoms with van der Waals surface area (Å²) in [7, 11) is 1.41. The number of benzene rings is 1. The highest BCUT2D eigenvalue weighted by molar-refractivity contribution is 5.91. The number of carboxylic acids is 1. The molecule has 0 aliphatic rings. The van der Waals surface area contributed by atoms with Crippen molar-refractivity contribution < 1.29 is 42.5 Å². The van der Waals surface area contributed by atoms with Gasteiger partial charge in [0.25, 0.3) is 0 Å². The van der Waals surface area contributed by atoms with E-state index in [4.69, 9.17) is 15.6 Å². The Balaban J connectivity index is 3.16. The number of carbonyl (C=O) groups excluding carboxylic acids is 2. The monoisotopic (exact) mass is 463 g/mol. The normalized spacial score (nSPS) is 15.4. The number of hydrogen-bond acceptors (Lipinski definition) is 6. The maximum absolute atomic E-state index is 13.0. The topological polar surface area (TPSA) is 151 Å². The lowest BCUT2D eigenvalue weighted by Gasteiger charge is -2.31. The molecule has 1 aromatic rings. The Bertz CT molecular complexity index is 786. The van der Waals surface area contributed by atoms with Crippen LogP contribution >= 0.6 is 0 Å². The van der Waals surface area contributed by atoms with Gasteiger partial charge in [-0.05, 0) is 30.0 Å². The first-order valence-corrected chi connectivity index (χ1v) is 9.74. The molecule has 2 amide bonds. The average molecular weight is 463 g/mol. The van der Waals surface area contributed by atoms with Crippen molar-refractivity contribution in [1.82, 2.24) is 10.6 Å². The van der Waals surface area contributed by atoms with Gasteiger partial charge in [0.1, 0.15) is 11.8 Å². The number of ether oxygens (including phenoxy) is 1. The van der Waals surface area contributed by atoms with E-state index in [0.29, 0.717) is 5.75 Å². The number of halogens is 3. The van der Waals surface area contributed by atoms with Crippen LogP contribution in [-0.4, -0.2) is 59.5 Å². The van der Waals surface area contributed by atoms with E-state index >= 15 is 0 Å². The van der Waals surface area contributed by atoms with E-state index in [0.717, 1.165) is 0 Å². The molecule has 0 spiro atoms. The molecule has 0 heterocycles. The van der Waals surface area contributed by atoms with Crippen LogP contribution in [0, 0.1) is 5.92 Å². The van der Waals surface area contributed by atoms with Gasteiger partial charge in [0.05, 0.1) is 19.2 Å². The van der Waals surface area contributed by atoms with Gasteiger partial charge in [0.2, 0.25) is 11.8 Å². The Kier molecular flexibility index (Phi) is 9.91. The minimum Gasteiger partial charge on any atom is -0.497 e. The zero-order chi connectivity index (χ0) is 24.6. The highest BCUT2D eigenvalue weighted by atomic mass is 19.4. The largest absolute Gasteiger partial charge is 0.497 e. The molecule has 9 nitrogen and oxygen atoms in total. The molecular formula is C20H28F3N3O6. The minimum atomic E-state index is -4.97. The lowest BCUT2D eigenvalue weighted by Crippen LogP contribution is -2.55. The number of aliphatic hydroxyl groups excluding tert-OH is 1. The number of carboxylic acid groups (broad SMARTS) is 1. The van der Waals surface area contributed by atoms with E-state index in [1.165, 1.54) is 45.2 Å². The maximum Gasteiger partial charge on any atom is 0.416 e. The van der Waals surface area contributed by atoms with Gasteiger partial charge in [-0.3, -0.25) is 14.4 Å². The Labute approximate surface area is 183 Å². The third-order valence-electron chi connectivity index (χ3n) is 4.71. The van der Waals surface area contributed by atoms with E-state index in [9.17, 15) is 32.7 Å².